The largest absolute Gasteiger partial charge is 0.456 e. The van der Waals surface area contributed by atoms with Gasteiger partial charge in [-0.15, -0.1) is 11.3 Å². The Labute approximate surface area is 154 Å². The van der Waals surface area contributed by atoms with Crippen molar-refractivity contribution in [2.24, 2.45) is 0 Å². The maximum absolute atomic E-state index is 11.9. The van der Waals surface area contributed by atoms with Gasteiger partial charge in [-0.05, 0) is 23.6 Å². The molecule has 0 radical (unpaired) electrons. The number of hydrogen-bond acceptors (Lipinski definition) is 7. The Bertz CT molecular complexity index is 918. The van der Waals surface area contributed by atoms with E-state index in [-0.39, 0.29) is 22.7 Å². The molecule has 1 aromatic heterocycles. The predicted molar refractivity (Wildman–Crippen MR) is 94.9 cm³/mol. The second-order valence-corrected chi connectivity index (χ2v) is 7.89. The smallest absolute Gasteiger partial charge is 0.307 e. The molecule has 2 N–H and O–H groups in total. The molecule has 0 aliphatic heterocycles. The molecule has 0 saturated carbocycles. The van der Waals surface area contributed by atoms with E-state index in [1.807, 2.05) is 6.07 Å². The third kappa shape index (κ3) is 5.66. The Morgan fingerprint density at radius 1 is 1.19 bits per heavy atom. The lowest BCUT2D eigenvalue weighted by molar-refractivity contribution is -0.147. The fourth-order valence-corrected chi connectivity index (χ4v) is 3.94. The molecule has 26 heavy (non-hydrogen) atoms. The molecule has 0 fully saturated rings. The minimum Gasteiger partial charge on any atom is -0.456 e. The summed E-state index contributed by atoms with van der Waals surface area (Å²) in [6.45, 7) is -0.672. The minimum atomic E-state index is -3.64. The van der Waals surface area contributed by atoms with Crippen LogP contribution in [0.4, 0.5) is 5.69 Å². The number of nitrogens with one attached hydrogen (secondary N) is 2. The molecule has 1 amide bonds. The molecule has 0 saturated heterocycles. The van der Waals surface area contributed by atoms with Gasteiger partial charge in [-0.25, -0.2) is 13.1 Å². The van der Waals surface area contributed by atoms with E-state index in [2.05, 4.69) is 10.0 Å². The van der Waals surface area contributed by atoms with Crippen molar-refractivity contribution >= 4 is 38.9 Å². The highest BCUT2D eigenvalue weighted by molar-refractivity contribution is 7.91. The summed E-state index contributed by atoms with van der Waals surface area (Å²) in [5.74, 6) is -1.32. The van der Waals surface area contributed by atoms with Gasteiger partial charge in [0, 0.05) is 6.54 Å². The number of amides is 1. The van der Waals surface area contributed by atoms with Crippen LogP contribution in [0, 0.1) is 11.3 Å². The van der Waals surface area contributed by atoms with Crippen molar-refractivity contribution in [3.05, 3.63) is 47.3 Å². The molecule has 136 valence electrons. The Hall–Kier alpha value is -2.74. The maximum atomic E-state index is 11.9. The Balaban J connectivity index is 1.73. The first-order valence-electron chi connectivity index (χ1n) is 7.40. The molecule has 0 atom stereocenters. The highest BCUT2D eigenvalue weighted by Gasteiger charge is 2.16. The molecule has 1 aromatic carbocycles. The Kier molecular flexibility index (Phi) is 6.85. The highest BCUT2D eigenvalue weighted by atomic mass is 32.2. The number of esters is 1. The van der Waals surface area contributed by atoms with Crippen LogP contribution in [0.3, 0.4) is 0 Å². The maximum Gasteiger partial charge on any atom is 0.307 e. The number of ether oxygens (including phenoxy) is 1. The van der Waals surface area contributed by atoms with Crippen LogP contribution in [0.15, 0.2) is 46.0 Å². The molecular weight excluding hydrogens is 378 g/mol. The average molecular weight is 393 g/mol. The van der Waals surface area contributed by atoms with E-state index >= 15 is 0 Å². The van der Waals surface area contributed by atoms with Crippen molar-refractivity contribution in [1.29, 1.82) is 5.26 Å². The van der Waals surface area contributed by atoms with Crippen LogP contribution < -0.4 is 10.0 Å². The number of sulfonamides is 1. The first-order valence-corrected chi connectivity index (χ1v) is 9.76. The van der Waals surface area contributed by atoms with Crippen molar-refractivity contribution in [3.63, 3.8) is 0 Å². The molecule has 8 nitrogen and oxygen atoms in total. The summed E-state index contributed by atoms with van der Waals surface area (Å²) in [6, 6.07) is 11.4. The summed E-state index contributed by atoms with van der Waals surface area (Å²) in [5.41, 5.74) is 0.606. The van der Waals surface area contributed by atoms with Crippen molar-refractivity contribution in [2.75, 3.05) is 18.5 Å². The number of carbonyl (C=O) groups excluding carboxylic acids is 2. The zero-order valence-corrected chi connectivity index (χ0v) is 15.1. The fourth-order valence-electron chi connectivity index (χ4n) is 1.87. The lowest BCUT2D eigenvalue weighted by atomic mass is 10.2. The second-order valence-electron chi connectivity index (χ2n) is 4.95. The van der Waals surface area contributed by atoms with E-state index in [4.69, 9.17) is 10.00 Å². The van der Waals surface area contributed by atoms with Crippen molar-refractivity contribution < 1.29 is 22.7 Å². The lowest BCUT2D eigenvalue weighted by Gasteiger charge is -2.08. The van der Waals surface area contributed by atoms with Crippen LogP contribution in [0.1, 0.15) is 12.0 Å². The third-order valence-corrected chi connectivity index (χ3v) is 5.93. The van der Waals surface area contributed by atoms with Gasteiger partial charge >= 0.3 is 5.97 Å². The van der Waals surface area contributed by atoms with Crippen molar-refractivity contribution in [2.45, 2.75) is 10.6 Å². The average Bonchev–Trinajstić information content (AvgIpc) is 3.16. The molecule has 10 heteroatoms. The molecule has 0 aliphatic rings. The summed E-state index contributed by atoms with van der Waals surface area (Å²) in [4.78, 5) is 23.4. The van der Waals surface area contributed by atoms with E-state index in [9.17, 15) is 18.0 Å². The molecule has 0 bridgehead atoms. The van der Waals surface area contributed by atoms with Crippen LogP contribution >= 0.6 is 11.3 Å². The van der Waals surface area contributed by atoms with Gasteiger partial charge in [-0.2, -0.15) is 5.26 Å². The zero-order valence-electron chi connectivity index (χ0n) is 13.5. The van der Waals surface area contributed by atoms with E-state index in [1.165, 1.54) is 6.07 Å². The van der Waals surface area contributed by atoms with Crippen LogP contribution in [-0.2, 0) is 24.3 Å². The monoisotopic (exact) mass is 393 g/mol. The van der Waals surface area contributed by atoms with Gasteiger partial charge in [0.2, 0.25) is 10.0 Å². The van der Waals surface area contributed by atoms with E-state index in [1.54, 1.807) is 35.7 Å². The van der Waals surface area contributed by atoms with Gasteiger partial charge in [0.1, 0.15) is 10.3 Å². The van der Waals surface area contributed by atoms with E-state index in [0.717, 1.165) is 11.3 Å². The van der Waals surface area contributed by atoms with Crippen LogP contribution in [0.2, 0.25) is 0 Å². The molecular formula is C16H15N3O5S2. The lowest BCUT2D eigenvalue weighted by Crippen LogP contribution is -2.27. The predicted octanol–water partition coefficient (Wildman–Crippen LogP) is 1.47. The third-order valence-electron chi connectivity index (χ3n) is 3.07. The number of anilines is 1. The first kappa shape index (κ1) is 19.6. The van der Waals surface area contributed by atoms with E-state index < -0.39 is 28.5 Å². The van der Waals surface area contributed by atoms with Gasteiger partial charge in [-0.1, -0.05) is 18.2 Å². The Morgan fingerprint density at radius 2 is 1.96 bits per heavy atom. The van der Waals surface area contributed by atoms with Gasteiger partial charge in [0.05, 0.1) is 17.7 Å². The number of rotatable bonds is 8. The summed E-state index contributed by atoms with van der Waals surface area (Å²) in [5, 5.41) is 13.0. The molecule has 2 aromatic rings. The minimum absolute atomic E-state index is 0.141. The molecule has 0 aliphatic carbocycles. The number of para-hydroxylation sites is 1. The van der Waals surface area contributed by atoms with Gasteiger partial charge in [0.15, 0.2) is 6.61 Å². The standard InChI is InChI=1S/C16H15N3O5S2/c17-10-12-4-1-2-5-13(12)19-14(20)11-24-15(21)7-8-18-26(22,23)16-6-3-9-25-16/h1-6,9,18H,7-8,11H2,(H,19,20). The molecule has 2 rings (SSSR count). The molecule has 0 spiro atoms. The number of thiophene rings is 1. The summed E-state index contributed by atoms with van der Waals surface area (Å²) in [7, 11) is -3.64. The summed E-state index contributed by atoms with van der Waals surface area (Å²) in [6.07, 6.45) is -0.216. The molecule has 0 unspecified atom stereocenters. The second kappa shape index (κ2) is 9.10. The summed E-state index contributed by atoms with van der Waals surface area (Å²) >= 11 is 1.06. The van der Waals surface area contributed by atoms with Crippen molar-refractivity contribution in [3.8, 4) is 6.07 Å². The Morgan fingerprint density at radius 3 is 2.65 bits per heavy atom. The highest BCUT2D eigenvalue weighted by Crippen LogP contribution is 2.15. The number of benzene rings is 1. The van der Waals surface area contributed by atoms with Gasteiger partial charge in [-0.3, -0.25) is 9.59 Å². The first-order chi connectivity index (χ1) is 12.4. The van der Waals surface area contributed by atoms with Crippen LogP contribution in [0.25, 0.3) is 0 Å². The van der Waals surface area contributed by atoms with Gasteiger partial charge in [0.25, 0.3) is 5.91 Å². The topological polar surface area (TPSA) is 125 Å². The van der Waals surface area contributed by atoms with Crippen LogP contribution in [-0.4, -0.2) is 33.4 Å². The molecule has 1 heterocycles. The number of nitrogens with zero attached hydrogens (tertiary/aromatic N) is 1. The number of carbonyl (C=O) groups is 2. The zero-order chi connectivity index (χ0) is 19.0. The normalized spacial score (nSPS) is 10.7. The fraction of sp³-hybridized carbons (Fsp3) is 0.188. The number of nitriles is 1. The SMILES string of the molecule is N#Cc1ccccc1NC(=O)COC(=O)CCNS(=O)(=O)c1cccs1. The van der Waals surface area contributed by atoms with E-state index in [0.29, 0.717) is 5.69 Å². The van der Waals surface area contributed by atoms with Crippen molar-refractivity contribution in [1.82, 2.24) is 4.72 Å². The number of hydrogen-bond donors (Lipinski definition) is 2. The van der Waals surface area contributed by atoms with Gasteiger partial charge < -0.3 is 10.1 Å². The summed E-state index contributed by atoms with van der Waals surface area (Å²) < 4.78 is 30.9. The quantitative estimate of drug-likeness (QED) is 0.654. The van der Waals surface area contributed by atoms with Crippen LogP contribution in [0.5, 0.6) is 0 Å².